The number of phenols is 1. The number of piperidine rings is 1. The molecule has 2 aromatic rings. The van der Waals surface area contributed by atoms with Crippen LogP contribution in [0.2, 0.25) is 0 Å². The number of amides is 1. The first-order valence-corrected chi connectivity index (χ1v) is 7.84. The Labute approximate surface area is 131 Å². The fourth-order valence-corrected chi connectivity index (χ4v) is 2.87. The molecule has 1 fully saturated rings. The van der Waals surface area contributed by atoms with Crippen molar-refractivity contribution in [3.8, 4) is 16.9 Å². The molecule has 22 heavy (non-hydrogen) atoms. The fraction of sp³-hybridized carbons (Fsp3) is 0.316. The molecule has 1 heterocycles. The highest BCUT2D eigenvalue weighted by Gasteiger charge is 2.17. The molecule has 0 radical (unpaired) electrons. The van der Waals surface area contributed by atoms with E-state index in [2.05, 4.69) is 0 Å². The van der Waals surface area contributed by atoms with Crippen molar-refractivity contribution in [1.29, 1.82) is 0 Å². The lowest BCUT2D eigenvalue weighted by Crippen LogP contribution is -2.35. The molecule has 3 heteroatoms. The lowest BCUT2D eigenvalue weighted by atomic mass is 10.0. The molecule has 1 N–H and O–H groups in total. The third kappa shape index (κ3) is 2.98. The van der Waals surface area contributed by atoms with E-state index in [-0.39, 0.29) is 5.91 Å². The SMILES string of the molecule is Cc1ccc(-c2ccc(C(=O)N3CCCCC3)cc2)cc1O. The molecular formula is C19H21NO2. The highest BCUT2D eigenvalue weighted by atomic mass is 16.3. The third-order valence-electron chi connectivity index (χ3n) is 4.32. The largest absolute Gasteiger partial charge is 0.508 e. The average molecular weight is 295 g/mol. The predicted octanol–water partition coefficient (Wildman–Crippen LogP) is 3.99. The van der Waals surface area contributed by atoms with Crippen molar-refractivity contribution >= 4 is 5.91 Å². The topological polar surface area (TPSA) is 40.5 Å². The van der Waals surface area contributed by atoms with Gasteiger partial charge in [-0.1, -0.05) is 24.3 Å². The number of aromatic hydroxyl groups is 1. The second kappa shape index (κ2) is 6.22. The Morgan fingerprint density at radius 2 is 1.59 bits per heavy atom. The summed E-state index contributed by atoms with van der Waals surface area (Å²) in [7, 11) is 0. The molecule has 0 aliphatic carbocycles. The first-order valence-electron chi connectivity index (χ1n) is 7.84. The molecule has 114 valence electrons. The van der Waals surface area contributed by atoms with Gasteiger partial charge in [-0.05, 0) is 61.1 Å². The predicted molar refractivity (Wildman–Crippen MR) is 88.0 cm³/mol. The van der Waals surface area contributed by atoms with Gasteiger partial charge in [0.1, 0.15) is 5.75 Å². The molecule has 2 aromatic carbocycles. The van der Waals surface area contributed by atoms with Crippen molar-refractivity contribution in [1.82, 2.24) is 4.90 Å². The number of benzene rings is 2. The summed E-state index contributed by atoms with van der Waals surface area (Å²) in [5.41, 5.74) is 3.56. The highest BCUT2D eigenvalue weighted by Crippen LogP contribution is 2.26. The van der Waals surface area contributed by atoms with Gasteiger partial charge in [-0.15, -0.1) is 0 Å². The van der Waals surface area contributed by atoms with Gasteiger partial charge >= 0.3 is 0 Å². The van der Waals surface area contributed by atoms with Crippen LogP contribution in [-0.2, 0) is 0 Å². The van der Waals surface area contributed by atoms with Crippen molar-refractivity contribution in [2.24, 2.45) is 0 Å². The molecule has 0 aromatic heterocycles. The number of carbonyl (C=O) groups is 1. The summed E-state index contributed by atoms with van der Waals surface area (Å²) in [6.07, 6.45) is 3.43. The van der Waals surface area contributed by atoms with Crippen LogP contribution in [0.3, 0.4) is 0 Å². The fourth-order valence-electron chi connectivity index (χ4n) is 2.87. The Kier molecular flexibility index (Phi) is 4.14. The molecule has 1 saturated heterocycles. The van der Waals surface area contributed by atoms with E-state index in [1.54, 1.807) is 6.07 Å². The molecule has 3 rings (SSSR count). The van der Waals surface area contributed by atoms with Gasteiger partial charge in [0.2, 0.25) is 0 Å². The van der Waals surface area contributed by atoms with E-state index >= 15 is 0 Å². The van der Waals surface area contributed by atoms with Crippen LogP contribution in [0.1, 0.15) is 35.2 Å². The minimum absolute atomic E-state index is 0.123. The molecule has 1 amide bonds. The highest BCUT2D eigenvalue weighted by molar-refractivity contribution is 5.94. The van der Waals surface area contributed by atoms with E-state index in [1.165, 1.54) is 6.42 Å². The number of hydrogen-bond acceptors (Lipinski definition) is 2. The minimum Gasteiger partial charge on any atom is -0.508 e. The van der Waals surface area contributed by atoms with Gasteiger partial charge in [-0.25, -0.2) is 0 Å². The van der Waals surface area contributed by atoms with Gasteiger partial charge in [0.05, 0.1) is 0 Å². The van der Waals surface area contributed by atoms with Gasteiger partial charge in [0.15, 0.2) is 0 Å². The first-order chi connectivity index (χ1) is 10.6. The summed E-state index contributed by atoms with van der Waals surface area (Å²) in [6, 6.07) is 13.3. The maximum absolute atomic E-state index is 12.4. The third-order valence-corrected chi connectivity index (χ3v) is 4.32. The zero-order valence-electron chi connectivity index (χ0n) is 12.9. The number of hydrogen-bond donors (Lipinski definition) is 1. The van der Waals surface area contributed by atoms with Gasteiger partial charge in [-0.2, -0.15) is 0 Å². The van der Waals surface area contributed by atoms with Crippen LogP contribution in [0.4, 0.5) is 0 Å². The van der Waals surface area contributed by atoms with E-state index in [0.29, 0.717) is 5.75 Å². The molecule has 0 unspecified atom stereocenters. The van der Waals surface area contributed by atoms with Gasteiger partial charge in [0.25, 0.3) is 5.91 Å². The molecule has 0 spiro atoms. The van der Waals surface area contributed by atoms with Crippen LogP contribution in [0.5, 0.6) is 5.75 Å². The van der Waals surface area contributed by atoms with Crippen molar-refractivity contribution in [2.75, 3.05) is 13.1 Å². The number of rotatable bonds is 2. The number of nitrogens with zero attached hydrogens (tertiary/aromatic N) is 1. The molecule has 1 aliphatic heterocycles. The Bertz CT molecular complexity index is 670. The number of aryl methyl sites for hydroxylation is 1. The number of carbonyl (C=O) groups excluding carboxylic acids is 1. The zero-order valence-corrected chi connectivity index (χ0v) is 12.9. The van der Waals surface area contributed by atoms with E-state index in [9.17, 15) is 9.90 Å². The second-order valence-electron chi connectivity index (χ2n) is 5.93. The summed E-state index contributed by atoms with van der Waals surface area (Å²) >= 11 is 0. The van der Waals surface area contributed by atoms with E-state index < -0.39 is 0 Å². The first kappa shape index (κ1) is 14.6. The Morgan fingerprint density at radius 1 is 0.955 bits per heavy atom. The maximum Gasteiger partial charge on any atom is 0.253 e. The standard InChI is InChI=1S/C19H21NO2/c1-14-5-6-17(13-18(14)21)15-7-9-16(10-8-15)19(22)20-11-3-2-4-12-20/h5-10,13,21H,2-4,11-12H2,1H3. The second-order valence-corrected chi connectivity index (χ2v) is 5.93. The van der Waals surface area contributed by atoms with Crippen LogP contribution in [0.15, 0.2) is 42.5 Å². The Balaban J connectivity index is 1.79. The summed E-state index contributed by atoms with van der Waals surface area (Å²) in [5.74, 6) is 0.420. The van der Waals surface area contributed by atoms with Crippen LogP contribution >= 0.6 is 0 Å². The normalized spacial score (nSPS) is 14.9. The Morgan fingerprint density at radius 3 is 2.23 bits per heavy atom. The molecule has 0 saturated carbocycles. The smallest absolute Gasteiger partial charge is 0.253 e. The summed E-state index contributed by atoms with van der Waals surface area (Å²) in [6.45, 7) is 3.61. The number of likely N-dealkylation sites (tertiary alicyclic amines) is 1. The molecule has 0 atom stereocenters. The van der Waals surface area contributed by atoms with Crippen molar-refractivity contribution < 1.29 is 9.90 Å². The number of phenolic OH excluding ortho intramolecular Hbond substituents is 1. The minimum atomic E-state index is 0.123. The molecule has 1 aliphatic rings. The van der Waals surface area contributed by atoms with Gasteiger partial charge in [-0.3, -0.25) is 4.79 Å². The summed E-state index contributed by atoms with van der Waals surface area (Å²) < 4.78 is 0. The van der Waals surface area contributed by atoms with E-state index in [0.717, 1.165) is 48.2 Å². The van der Waals surface area contributed by atoms with E-state index in [4.69, 9.17) is 0 Å². The summed E-state index contributed by atoms with van der Waals surface area (Å²) in [5, 5.41) is 9.81. The summed E-state index contributed by atoms with van der Waals surface area (Å²) in [4.78, 5) is 14.4. The van der Waals surface area contributed by atoms with Gasteiger partial charge < -0.3 is 10.0 Å². The van der Waals surface area contributed by atoms with Crippen LogP contribution in [0, 0.1) is 6.92 Å². The van der Waals surface area contributed by atoms with Crippen molar-refractivity contribution in [3.05, 3.63) is 53.6 Å². The quantitative estimate of drug-likeness (QED) is 0.910. The zero-order chi connectivity index (χ0) is 15.5. The monoisotopic (exact) mass is 295 g/mol. The molecule has 0 bridgehead atoms. The van der Waals surface area contributed by atoms with Gasteiger partial charge in [0, 0.05) is 18.7 Å². The maximum atomic E-state index is 12.4. The molecule has 3 nitrogen and oxygen atoms in total. The lowest BCUT2D eigenvalue weighted by Gasteiger charge is -2.26. The van der Waals surface area contributed by atoms with E-state index in [1.807, 2.05) is 48.2 Å². The molecular weight excluding hydrogens is 274 g/mol. The average Bonchev–Trinajstić information content (AvgIpc) is 2.58. The Hall–Kier alpha value is -2.29. The van der Waals surface area contributed by atoms with Crippen LogP contribution in [-0.4, -0.2) is 29.0 Å². The van der Waals surface area contributed by atoms with Crippen molar-refractivity contribution in [3.63, 3.8) is 0 Å². The van der Waals surface area contributed by atoms with Crippen LogP contribution in [0.25, 0.3) is 11.1 Å². The van der Waals surface area contributed by atoms with Crippen molar-refractivity contribution in [2.45, 2.75) is 26.2 Å². The lowest BCUT2D eigenvalue weighted by molar-refractivity contribution is 0.0724. The van der Waals surface area contributed by atoms with Crippen LogP contribution < -0.4 is 0 Å².